The number of hydrogen-bond donors (Lipinski definition) is 2. The van der Waals surface area contributed by atoms with Crippen LogP contribution in [0.4, 0.5) is 0 Å². The lowest BCUT2D eigenvalue weighted by atomic mass is 9.91. The Morgan fingerprint density at radius 2 is 1.75 bits per heavy atom. The van der Waals surface area contributed by atoms with Crippen molar-refractivity contribution in [2.75, 3.05) is 0 Å². The van der Waals surface area contributed by atoms with Crippen LogP contribution < -0.4 is 5.73 Å². The highest BCUT2D eigenvalue weighted by Gasteiger charge is 2.45. The number of nitrogens with two attached hydrogens (primary N) is 1. The van der Waals surface area contributed by atoms with Crippen LogP contribution in [0.5, 0.6) is 0 Å². The first-order valence-electron chi connectivity index (χ1n) is 6.05. The summed E-state index contributed by atoms with van der Waals surface area (Å²) in [4.78, 5) is 23.4. The Kier molecular flexibility index (Phi) is 4.78. The standard InChI is InChI=1S/C14H18ClNO4/c1-13(2,3)20-12(19)14(16,11(17)18)8-9-4-6-10(15)7-5-9/h4-7H,8,16H2,1-3H3,(H,17,18). The molecule has 20 heavy (non-hydrogen) atoms. The summed E-state index contributed by atoms with van der Waals surface area (Å²) < 4.78 is 5.09. The van der Waals surface area contributed by atoms with Crippen molar-refractivity contribution in [2.24, 2.45) is 5.73 Å². The molecule has 1 aromatic carbocycles. The second-order valence-electron chi connectivity index (χ2n) is 5.58. The molecule has 0 aliphatic carbocycles. The number of esters is 1. The smallest absolute Gasteiger partial charge is 0.338 e. The van der Waals surface area contributed by atoms with Crippen LogP contribution in [0.15, 0.2) is 24.3 Å². The summed E-state index contributed by atoms with van der Waals surface area (Å²) in [6.07, 6.45) is -0.172. The normalized spacial score (nSPS) is 14.4. The van der Waals surface area contributed by atoms with E-state index in [1.807, 2.05) is 0 Å². The van der Waals surface area contributed by atoms with Crippen LogP contribution in [0.25, 0.3) is 0 Å². The average Bonchev–Trinajstić information content (AvgIpc) is 2.29. The number of carbonyl (C=O) groups excluding carboxylic acids is 1. The van der Waals surface area contributed by atoms with Crippen molar-refractivity contribution in [1.82, 2.24) is 0 Å². The quantitative estimate of drug-likeness (QED) is 0.655. The molecule has 0 fully saturated rings. The van der Waals surface area contributed by atoms with Gasteiger partial charge in [-0.2, -0.15) is 0 Å². The van der Waals surface area contributed by atoms with E-state index in [4.69, 9.17) is 22.1 Å². The zero-order valence-corrected chi connectivity index (χ0v) is 12.4. The zero-order valence-electron chi connectivity index (χ0n) is 11.6. The van der Waals surface area contributed by atoms with Crippen molar-refractivity contribution in [3.63, 3.8) is 0 Å². The molecule has 0 saturated heterocycles. The summed E-state index contributed by atoms with van der Waals surface area (Å²) >= 11 is 5.76. The molecule has 0 aromatic heterocycles. The van der Waals surface area contributed by atoms with Crippen molar-refractivity contribution in [2.45, 2.75) is 38.3 Å². The van der Waals surface area contributed by atoms with Gasteiger partial charge in [0.2, 0.25) is 5.54 Å². The van der Waals surface area contributed by atoms with Gasteiger partial charge in [-0.15, -0.1) is 0 Å². The molecule has 1 unspecified atom stereocenters. The molecule has 0 heterocycles. The van der Waals surface area contributed by atoms with E-state index in [2.05, 4.69) is 0 Å². The molecule has 0 spiro atoms. The van der Waals surface area contributed by atoms with Gasteiger partial charge < -0.3 is 15.6 Å². The minimum absolute atomic E-state index is 0.172. The second kappa shape index (κ2) is 5.81. The number of halogens is 1. The van der Waals surface area contributed by atoms with E-state index in [0.29, 0.717) is 10.6 Å². The third-order valence-electron chi connectivity index (χ3n) is 2.54. The maximum absolute atomic E-state index is 12.0. The Morgan fingerprint density at radius 3 is 2.15 bits per heavy atom. The molecule has 0 bridgehead atoms. The van der Waals surface area contributed by atoms with Gasteiger partial charge in [-0.3, -0.25) is 0 Å². The lowest BCUT2D eigenvalue weighted by Gasteiger charge is -2.28. The van der Waals surface area contributed by atoms with E-state index in [0.717, 1.165) is 0 Å². The number of hydrogen-bond acceptors (Lipinski definition) is 4. The monoisotopic (exact) mass is 299 g/mol. The highest BCUT2D eigenvalue weighted by molar-refractivity contribution is 6.30. The highest BCUT2D eigenvalue weighted by Crippen LogP contribution is 2.19. The van der Waals surface area contributed by atoms with Crippen LogP contribution >= 0.6 is 11.6 Å². The van der Waals surface area contributed by atoms with Crippen LogP contribution in [-0.2, 0) is 20.7 Å². The predicted molar refractivity (Wildman–Crippen MR) is 75.6 cm³/mol. The zero-order chi connectivity index (χ0) is 15.6. The minimum Gasteiger partial charge on any atom is -0.479 e. The lowest BCUT2D eigenvalue weighted by molar-refractivity contribution is -0.169. The van der Waals surface area contributed by atoms with Gasteiger partial charge in [0.15, 0.2) is 0 Å². The maximum Gasteiger partial charge on any atom is 0.338 e. The molecule has 5 nitrogen and oxygen atoms in total. The number of rotatable bonds is 4. The molecule has 1 aromatic rings. The average molecular weight is 300 g/mol. The molecule has 0 radical (unpaired) electrons. The summed E-state index contributed by atoms with van der Waals surface area (Å²) in [6, 6.07) is 6.46. The number of carboxylic acids is 1. The van der Waals surface area contributed by atoms with Gasteiger partial charge in [0, 0.05) is 11.4 Å². The first kappa shape index (κ1) is 16.5. The Bertz CT molecular complexity index is 507. The van der Waals surface area contributed by atoms with E-state index < -0.39 is 23.1 Å². The summed E-state index contributed by atoms with van der Waals surface area (Å²) in [6.45, 7) is 4.94. The number of carbonyl (C=O) groups is 2. The topological polar surface area (TPSA) is 89.6 Å². The maximum atomic E-state index is 12.0. The summed E-state index contributed by atoms with van der Waals surface area (Å²) in [7, 11) is 0. The first-order valence-corrected chi connectivity index (χ1v) is 6.42. The van der Waals surface area contributed by atoms with Crippen LogP contribution in [0, 0.1) is 0 Å². The van der Waals surface area contributed by atoms with E-state index >= 15 is 0 Å². The Morgan fingerprint density at radius 1 is 1.25 bits per heavy atom. The summed E-state index contributed by atoms with van der Waals surface area (Å²) in [5.74, 6) is -2.39. The Balaban J connectivity index is 3.00. The fourth-order valence-electron chi connectivity index (χ4n) is 1.53. The molecule has 0 amide bonds. The van der Waals surface area contributed by atoms with Crippen LogP contribution in [0.1, 0.15) is 26.3 Å². The van der Waals surface area contributed by atoms with Crippen LogP contribution in [0.2, 0.25) is 5.02 Å². The van der Waals surface area contributed by atoms with Gasteiger partial charge in [0.1, 0.15) is 5.60 Å². The van der Waals surface area contributed by atoms with Gasteiger partial charge in [-0.1, -0.05) is 23.7 Å². The van der Waals surface area contributed by atoms with Gasteiger partial charge in [0.05, 0.1) is 0 Å². The van der Waals surface area contributed by atoms with Gasteiger partial charge >= 0.3 is 11.9 Å². The van der Waals surface area contributed by atoms with Crippen molar-refractivity contribution in [3.05, 3.63) is 34.9 Å². The van der Waals surface area contributed by atoms with E-state index in [1.165, 1.54) is 0 Å². The molecule has 1 atom stereocenters. The largest absolute Gasteiger partial charge is 0.479 e. The molecule has 6 heteroatoms. The molecule has 3 N–H and O–H groups in total. The molecular weight excluding hydrogens is 282 g/mol. The van der Waals surface area contributed by atoms with Crippen molar-refractivity contribution in [1.29, 1.82) is 0 Å². The number of carboxylic acid groups (broad SMARTS) is 1. The molecule has 1 rings (SSSR count). The SMILES string of the molecule is CC(C)(C)OC(=O)C(N)(Cc1ccc(Cl)cc1)C(=O)O. The number of benzene rings is 1. The fraction of sp³-hybridized carbons (Fsp3) is 0.429. The van der Waals surface area contributed by atoms with E-state index in [9.17, 15) is 14.7 Å². The van der Waals surface area contributed by atoms with Crippen LogP contribution in [-0.4, -0.2) is 28.2 Å². The van der Waals surface area contributed by atoms with Gasteiger partial charge in [0.25, 0.3) is 0 Å². The van der Waals surface area contributed by atoms with Gasteiger partial charge in [-0.25, -0.2) is 9.59 Å². The molecular formula is C14H18ClNO4. The van der Waals surface area contributed by atoms with Crippen LogP contribution in [0.3, 0.4) is 0 Å². The molecule has 0 aliphatic rings. The summed E-state index contributed by atoms with van der Waals surface area (Å²) in [5.41, 5.74) is 3.41. The third kappa shape index (κ3) is 4.21. The number of ether oxygens (including phenoxy) is 1. The third-order valence-corrected chi connectivity index (χ3v) is 2.79. The van der Waals surface area contributed by atoms with Crippen molar-refractivity contribution in [3.8, 4) is 0 Å². The van der Waals surface area contributed by atoms with E-state index in [1.54, 1.807) is 45.0 Å². The lowest BCUT2D eigenvalue weighted by Crippen LogP contribution is -2.58. The number of aliphatic carboxylic acids is 1. The summed E-state index contributed by atoms with van der Waals surface area (Å²) in [5, 5.41) is 9.78. The van der Waals surface area contributed by atoms with Gasteiger partial charge in [-0.05, 0) is 38.5 Å². The van der Waals surface area contributed by atoms with Crippen molar-refractivity contribution < 1.29 is 19.4 Å². The van der Waals surface area contributed by atoms with Crippen molar-refractivity contribution >= 4 is 23.5 Å². The second-order valence-corrected chi connectivity index (χ2v) is 6.02. The fourth-order valence-corrected chi connectivity index (χ4v) is 1.65. The minimum atomic E-state index is -2.12. The van der Waals surface area contributed by atoms with E-state index in [-0.39, 0.29) is 6.42 Å². The Labute approximate surface area is 122 Å². The predicted octanol–water partition coefficient (Wildman–Crippen LogP) is 2.01. The highest BCUT2D eigenvalue weighted by atomic mass is 35.5. The first-order chi connectivity index (χ1) is 9.04. The Hall–Kier alpha value is -1.59. The molecule has 0 saturated carbocycles. The molecule has 110 valence electrons. The molecule has 0 aliphatic heterocycles.